The Labute approximate surface area is 153 Å². The largest absolute Gasteiger partial charge is 0.381 e. The monoisotopic (exact) mass is 373 g/mol. The van der Waals surface area contributed by atoms with Gasteiger partial charge in [0.1, 0.15) is 4.75 Å². The van der Waals surface area contributed by atoms with Gasteiger partial charge in [-0.25, -0.2) is 8.42 Å². The van der Waals surface area contributed by atoms with Crippen molar-refractivity contribution in [2.75, 3.05) is 32.1 Å². The van der Waals surface area contributed by atoms with Crippen LogP contribution in [0.5, 0.6) is 0 Å². The Morgan fingerprint density at radius 1 is 1.19 bits per heavy atom. The van der Waals surface area contributed by atoms with Crippen LogP contribution in [0.2, 0.25) is 0 Å². The predicted octanol–water partition coefficient (Wildman–Crippen LogP) is 2.51. The van der Waals surface area contributed by atoms with Crippen LogP contribution in [0.25, 0.3) is 10.8 Å². The number of nitrogens with zero attached hydrogens (tertiary/aromatic N) is 1. The molecule has 0 aromatic heterocycles. The first kappa shape index (κ1) is 17.5. The molecule has 2 aromatic carbocycles. The number of hydrogen-bond acceptors (Lipinski definition) is 4. The maximum absolute atomic E-state index is 12.8. The second kappa shape index (κ2) is 6.35. The number of fused-ring (bicyclic) bond motifs is 1. The summed E-state index contributed by atoms with van der Waals surface area (Å²) in [4.78, 5) is 14.5. The molecule has 1 spiro atoms. The van der Waals surface area contributed by atoms with E-state index in [1.165, 1.54) is 0 Å². The molecule has 2 heterocycles. The molecule has 6 heteroatoms. The van der Waals surface area contributed by atoms with Gasteiger partial charge in [0.05, 0.1) is 12.4 Å². The lowest BCUT2D eigenvalue weighted by Gasteiger charge is -2.49. The lowest BCUT2D eigenvalue weighted by molar-refractivity contribution is 0.0271. The standard InChI is InChI=1S/C20H23NO4S/c1-2-25-12-18-9-10-26(23,24)20(18)13-21(14-20)19(22)17-8-7-15-5-3-4-6-16(15)11-17/h3-8,11,18H,2,9-10,12-14H2,1H3/t18-/m1/s1. The molecule has 138 valence electrons. The van der Waals surface area contributed by atoms with Crippen LogP contribution in [0, 0.1) is 5.92 Å². The molecule has 1 amide bonds. The fraction of sp³-hybridized carbons (Fsp3) is 0.450. The highest BCUT2D eigenvalue weighted by molar-refractivity contribution is 7.93. The first-order valence-electron chi connectivity index (χ1n) is 9.05. The molecule has 0 bridgehead atoms. The topological polar surface area (TPSA) is 63.7 Å². The molecule has 26 heavy (non-hydrogen) atoms. The van der Waals surface area contributed by atoms with Gasteiger partial charge in [0, 0.05) is 31.2 Å². The summed E-state index contributed by atoms with van der Waals surface area (Å²) in [6.45, 7) is 3.49. The van der Waals surface area contributed by atoms with E-state index in [4.69, 9.17) is 4.74 Å². The summed E-state index contributed by atoms with van der Waals surface area (Å²) in [7, 11) is -3.19. The average molecular weight is 373 g/mol. The van der Waals surface area contributed by atoms with Crippen molar-refractivity contribution in [3.05, 3.63) is 48.0 Å². The van der Waals surface area contributed by atoms with Crippen molar-refractivity contribution in [1.29, 1.82) is 0 Å². The summed E-state index contributed by atoms with van der Waals surface area (Å²) in [6, 6.07) is 13.5. The minimum absolute atomic E-state index is 0.0203. The molecule has 2 fully saturated rings. The van der Waals surface area contributed by atoms with E-state index in [0.29, 0.717) is 25.2 Å². The van der Waals surface area contributed by atoms with Crippen LogP contribution in [0.15, 0.2) is 42.5 Å². The zero-order chi connectivity index (χ0) is 18.4. The summed E-state index contributed by atoms with van der Waals surface area (Å²) >= 11 is 0. The molecule has 0 N–H and O–H groups in total. The van der Waals surface area contributed by atoms with Gasteiger partial charge in [0.2, 0.25) is 0 Å². The van der Waals surface area contributed by atoms with Crippen molar-refractivity contribution in [3.63, 3.8) is 0 Å². The predicted molar refractivity (Wildman–Crippen MR) is 101 cm³/mol. The first-order chi connectivity index (χ1) is 12.5. The Morgan fingerprint density at radius 2 is 1.92 bits per heavy atom. The van der Waals surface area contributed by atoms with Gasteiger partial charge in [0.25, 0.3) is 5.91 Å². The average Bonchev–Trinajstić information content (AvgIpc) is 2.88. The number of likely N-dealkylation sites (tertiary alicyclic amines) is 1. The summed E-state index contributed by atoms with van der Waals surface area (Å²) in [6.07, 6.45) is 0.625. The number of ether oxygens (including phenoxy) is 1. The van der Waals surface area contributed by atoms with Crippen molar-refractivity contribution in [1.82, 2.24) is 4.90 Å². The highest BCUT2D eigenvalue weighted by Crippen LogP contribution is 2.45. The number of benzene rings is 2. The maximum atomic E-state index is 12.8. The van der Waals surface area contributed by atoms with Crippen LogP contribution >= 0.6 is 0 Å². The van der Waals surface area contributed by atoms with E-state index in [1.54, 1.807) is 4.90 Å². The summed E-state index contributed by atoms with van der Waals surface area (Å²) < 4.78 is 29.9. The Bertz CT molecular complexity index is 947. The van der Waals surface area contributed by atoms with Crippen LogP contribution in [0.3, 0.4) is 0 Å². The lowest BCUT2D eigenvalue weighted by atomic mass is 9.83. The van der Waals surface area contributed by atoms with Crippen molar-refractivity contribution in [2.45, 2.75) is 18.1 Å². The maximum Gasteiger partial charge on any atom is 0.253 e. The summed E-state index contributed by atoms with van der Waals surface area (Å²) in [5, 5.41) is 2.09. The minimum atomic E-state index is -3.19. The number of hydrogen-bond donors (Lipinski definition) is 0. The lowest BCUT2D eigenvalue weighted by Crippen LogP contribution is -2.68. The molecule has 4 rings (SSSR count). The van der Waals surface area contributed by atoms with Gasteiger partial charge in [-0.2, -0.15) is 0 Å². The molecular formula is C20H23NO4S. The second-order valence-corrected chi connectivity index (χ2v) is 9.70. The zero-order valence-corrected chi connectivity index (χ0v) is 15.7. The first-order valence-corrected chi connectivity index (χ1v) is 10.7. The van der Waals surface area contributed by atoms with Crippen LogP contribution in [0.1, 0.15) is 23.7 Å². The quantitative estimate of drug-likeness (QED) is 0.826. The Morgan fingerprint density at radius 3 is 2.65 bits per heavy atom. The molecule has 0 radical (unpaired) electrons. The molecule has 1 atom stereocenters. The van der Waals surface area contributed by atoms with Gasteiger partial charge in [-0.1, -0.05) is 30.3 Å². The summed E-state index contributed by atoms with van der Waals surface area (Å²) in [5.74, 6) is 0.0784. The molecule has 2 aromatic rings. The van der Waals surface area contributed by atoms with E-state index in [0.717, 1.165) is 10.8 Å². The van der Waals surface area contributed by atoms with Gasteiger partial charge >= 0.3 is 0 Å². The van der Waals surface area contributed by atoms with Gasteiger partial charge < -0.3 is 9.64 Å². The smallest absolute Gasteiger partial charge is 0.253 e. The van der Waals surface area contributed by atoms with Gasteiger partial charge in [-0.3, -0.25) is 4.79 Å². The molecule has 2 aliphatic rings. The number of carbonyl (C=O) groups excluding carboxylic acids is 1. The minimum Gasteiger partial charge on any atom is -0.381 e. The molecule has 0 saturated carbocycles. The van der Waals surface area contributed by atoms with E-state index in [1.807, 2.05) is 49.4 Å². The third kappa shape index (κ3) is 2.63. The third-order valence-electron chi connectivity index (χ3n) is 5.82. The van der Waals surface area contributed by atoms with Crippen molar-refractivity contribution >= 4 is 26.5 Å². The van der Waals surface area contributed by atoms with Crippen LogP contribution < -0.4 is 0 Å². The molecule has 5 nitrogen and oxygen atoms in total. The van der Waals surface area contributed by atoms with Crippen LogP contribution in [0.4, 0.5) is 0 Å². The van der Waals surface area contributed by atoms with Crippen molar-refractivity contribution < 1.29 is 17.9 Å². The third-order valence-corrected chi connectivity index (χ3v) is 8.43. The van der Waals surface area contributed by atoms with Crippen molar-refractivity contribution in [3.8, 4) is 0 Å². The number of carbonyl (C=O) groups is 1. The van der Waals surface area contributed by atoms with Gasteiger partial charge in [-0.15, -0.1) is 0 Å². The van der Waals surface area contributed by atoms with E-state index in [2.05, 4.69) is 0 Å². The Hall–Kier alpha value is -1.92. The zero-order valence-electron chi connectivity index (χ0n) is 14.8. The number of sulfone groups is 1. The molecule has 0 aliphatic carbocycles. The van der Waals surface area contributed by atoms with E-state index < -0.39 is 14.6 Å². The van der Waals surface area contributed by atoms with Gasteiger partial charge in [0.15, 0.2) is 9.84 Å². The normalized spacial score (nSPS) is 23.3. The van der Waals surface area contributed by atoms with E-state index in [-0.39, 0.29) is 30.7 Å². The molecule has 0 unspecified atom stereocenters. The summed E-state index contributed by atoms with van der Waals surface area (Å²) in [5.41, 5.74) is 0.607. The van der Waals surface area contributed by atoms with Gasteiger partial charge in [-0.05, 0) is 36.2 Å². The second-order valence-electron chi connectivity index (χ2n) is 7.25. The van der Waals surface area contributed by atoms with Crippen LogP contribution in [-0.4, -0.2) is 56.0 Å². The highest BCUT2D eigenvalue weighted by Gasteiger charge is 2.62. The fourth-order valence-electron chi connectivity index (χ4n) is 4.22. The number of rotatable bonds is 4. The van der Waals surface area contributed by atoms with E-state index >= 15 is 0 Å². The van der Waals surface area contributed by atoms with E-state index in [9.17, 15) is 13.2 Å². The van der Waals surface area contributed by atoms with Crippen molar-refractivity contribution in [2.24, 2.45) is 5.92 Å². The highest BCUT2D eigenvalue weighted by atomic mass is 32.2. The Balaban J connectivity index is 1.54. The fourth-order valence-corrected chi connectivity index (χ4v) is 6.62. The molecular weight excluding hydrogens is 350 g/mol. The molecule has 2 aliphatic heterocycles. The SMILES string of the molecule is CCOC[C@H]1CCS(=O)(=O)C12CN(C(=O)c1ccc3ccccc3c1)C2. The Kier molecular flexibility index (Phi) is 4.28. The molecule has 2 saturated heterocycles. The van der Waals surface area contributed by atoms with Crippen LogP contribution in [-0.2, 0) is 14.6 Å². The number of amides is 1.